The molecule has 12 rings (SSSR count). The third kappa shape index (κ3) is 6.32. The zero-order valence-corrected chi connectivity index (χ0v) is 33.5. The van der Waals surface area contributed by atoms with E-state index in [-0.39, 0.29) is 6.17 Å². The molecule has 0 spiro atoms. The number of aliphatic imine (C=N–C) groups is 2. The first-order valence-corrected chi connectivity index (χ1v) is 21.3. The number of furan rings is 2. The lowest BCUT2D eigenvalue weighted by Gasteiger charge is -2.28. The molecule has 0 saturated heterocycles. The Labute approximate surface area is 353 Å². The lowest BCUT2D eigenvalue weighted by molar-refractivity contribution is 0.584. The second-order valence-electron chi connectivity index (χ2n) is 16.4. The molecule has 2 unspecified atom stereocenters. The quantitative estimate of drug-likeness (QED) is 0.167. The molecule has 1 aliphatic heterocycles. The Bertz CT molecular complexity index is 3360. The van der Waals surface area contributed by atoms with E-state index < -0.39 is 0 Å². The average molecular weight is 788 g/mol. The highest BCUT2D eigenvalue weighted by Crippen LogP contribution is 2.44. The molecule has 2 atom stereocenters. The van der Waals surface area contributed by atoms with Crippen LogP contribution in [0.5, 0.6) is 0 Å². The van der Waals surface area contributed by atoms with Gasteiger partial charge in [0.2, 0.25) is 0 Å². The van der Waals surface area contributed by atoms with Gasteiger partial charge in [-0.15, -0.1) is 0 Å². The highest BCUT2D eigenvalue weighted by Gasteiger charge is 2.27. The van der Waals surface area contributed by atoms with Crippen LogP contribution < -0.4 is 5.32 Å². The number of aryl methyl sites for hydroxylation is 1. The van der Waals surface area contributed by atoms with Crippen LogP contribution in [0.2, 0.25) is 0 Å². The highest BCUT2D eigenvalue weighted by atomic mass is 16.3. The minimum absolute atomic E-state index is 0.348. The fourth-order valence-corrected chi connectivity index (χ4v) is 9.71. The Balaban J connectivity index is 0.939. The fourth-order valence-electron chi connectivity index (χ4n) is 9.71. The van der Waals surface area contributed by atoms with Crippen LogP contribution in [-0.4, -0.2) is 11.7 Å². The van der Waals surface area contributed by atoms with Crippen LogP contribution in [0.3, 0.4) is 0 Å². The standard InChI is InChI=1S/C56H41N3O2/c1-3-13-35(14-4-1)15-11-19-40-31-39-18-7-8-20-42(39)47-32-37(25-28-43(40)47)38-27-30-50-48(33-38)53-46(22-12-24-51(53)60-50)56-58-54(36-16-5-2-6-17-36)57-55(59-56)41-26-29-45-44-21-9-10-23-49(44)61-52(45)34-41/h1-10,12-14,16-18,20-30,32-34,40,54H,11,15,19,31H2,(H,57,58,59). The number of nitrogens with zero attached hydrogens (tertiary/aromatic N) is 2. The van der Waals surface area contributed by atoms with Gasteiger partial charge in [0.25, 0.3) is 0 Å². The van der Waals surface area contributed by atoms with E-state index in [9.17, 15) is 0 Å². The van der Waals surface area contributed by atoms with Crippen molar-refractivity contribution in [3.8, 4) is 22.3 Å². The molecular formula is C56H41N3O2. The summed E-state index contributed by atoms with van der Waals surface area (Å²) in [5, 5.41) is 7.95. The van der Waals surface area contributed by atoms with Gasteiger partial charge in [-0.2, -0.15) is 0 Å². The largest absolute Gasteiger partial charge is 0.456 e. The van der Waals surface area contributed by atoms with Crippen molar-refractivity contribution in [1.29, 1.82) is 0 Å². The van der Waals surface area contributed by atoms with Crippen LogP contribution in [0, 0.1) is 0 Å². The Hall–Kier alpha value is -7.50. The molecule has 2 aliphatic rings. The fraction of sp³-hybridized carbons (Fsp3) is 0.107. The molecule has 5 heteroatoms. The molecule has 0 amide bonds. The van der Waals surface area contributed by atoms with Gasteiger partial charge in [0.15, 0.2) is 5.84 Å². The normalized spacial score (nSPS) is 16.0. The first-order valence-electron chi connectivity index (χ1n) is 21.3. The second kappa shape index (κ2) is 14.6. The molecule has 8 aromatic carbocycles. The number of fused-ring (bicyclic) bond motifs is 9. The van der Waals surface area contributed by atoms with E-state index in [4.69, 9.17) is 18.8 Å². The highest BCUT2D eigenvalue weighted by molar-refractivity contribution is 6.22. The summed E-state index contributed by atoms with van der Waals surface area (Å²) in [6.45, 7) is 0. The predicted molar refractivity (Wildman–Crippen MR) is 250 cm³/mol. The Morgan fingerprint density at radius 3 is 2.15 bits per heavy atom. The van der Waals surface area contributed by atoms with Gasteiger partial charge < -0.3 is 14.2 Å². The van der Waals surface area contributed by atoms with Crippen LogP contribution in [0.1, 0.15) is 58.3 Å². The van der Waals surface area contributed by atoms with Crippen molar-refractivity contribution in [2.75, 3.05) is 0 Å². The Morgan fingerprint density at radius 1 is 0.525 bits per heavy atom. The molecule has 10 aromatic rings. The monoisotopic (exact) mass is 787 g/mol. The number of para-hydroxylation sites is 1. The summed E-state index contributed by atoms with van der Waals surface area (Å²) >= 11 is 0. The molecule has 2 aromatic heterocycles. The molecule has 5 nitrogen and oxygen atoms in total. The molecule has 0 radical (unpaired) electrons. The number of amidine groups is 2. The van der Waals surface area contributed by atoms with Crippen LogP contribution >= 0.6 is 0 Å². The first-order chi connectivity index (χ1) is 30.2. The maximum atomic E-state index is 6.57. The molecule has 292 valence electrons. The zero-order valence-electron chi connectivity index (χ0n) is 33.5. The van der Waals surface area contributed by atoms with Gasteiger partial charge in [-0.25, -0.2) is 9.98 Å². The first kappa shape index (κ1) is 35.4. The molecule has 0 fully saturated rings. The molecule has 0 saturated carbocycles. The lowest BCUT2D eigenvalue weighted by Crippen LogP contribution is -2.33. The van der Waals surface area contributed by atoms with Gasteiger partial charge in [0.05, 0.1) is 0 Å². The second-order valence-corrected chi connectivity index (χ2v) is 16.4. The van der Waals surface area contributed by atoms with Gasteiger partial charge in [-0.3, -0.25) is 0 Å². The Kier molecular flexibility index (Phi) is 8.51. The Morgan fingerprint density at radius 2 is 1.23 bits per heavy atom. The molecule has 1 aliphatic carbocycles. The topological polar surface area (TPSA) is 63.0 Å². The van der Waals surface area contributed by atoms with E-state index in [1.807, 2.05) is 30.3 Å². The maximum Gasteiger partial charge on any atom is 0.159 e. The minimum Gasteiger partial charge on any atom is -0.456 e. The summed E-state index contributed by atoms with van der Waals surface area (Å²) in [4.78, 5) is 10.4. The number of nitrogens with one attached hydrogen (secondary N) is 1. The van der Waals surface area contributed by atoms with E-state index in [2.05, 4.69) is 157 Å². The smallest absolute Gasteiger partial charge is 0.159 e. The van der Waals surface area contributed by atoms with Gasteiger partial charge in [0, 0.05) is 32.7 Å². The maximum absolute atomic E-state index is 6.57. The van der Waals surface area contributed by atoms with Crippen molar-refractivity contribution >= 4 is 55.5 Å². The number of hydrogen-bond acceptors (Lipinski definition) is 5. The third-order valence-corrected chi connectivity index (χ3v) is 12.7. The average Bonchev–Trinajstić information content (AvgIpc) is 3.90. The van der Waals surface area contributed by atoms with Crippen LogP contribution in [-0.2, 0) is 12.8 Å². The third-order valence-electron chi connectivity index (χ3n) is 12.7. The number of rotatable bonds is 8. The number of hydrogen-bond donors (Lipinski definition) is 1. The molecule has 61 heavy (non-hydrogen) atoms. The summed E-state index contributed by atoms with van der Waals surface area (Å²) in [5.74, 6) is 1.87. The SMILES string of the molecule is c1ccc(CCCC2Cc3ccccc3-c3cc(-c4ccc5oc6cccc(C7=NC(c8ccc9c(c8)oc8ccccc89)=NC(c8ccccc8)N7)c6c5c4)ccc32)cc1. The summed E-state index contributed by atoms with van der Waals surface area (Å²) in [6.07, 6.45) is 4.17. The summed E-state index contributed by atoms with van der Waals surface area (Å²) in [7, 11) is 0. The minimum atomic E-state index is -0.348. The van der Waals surface area contributed by atoms with Gasteiger partial charge in [-0.1, -0.05) is 140 Å². The van der Waals surface area contributed by atoms with Crippen LogP contribution in [0.15, 0.2) is 201 Å². The van der Waals surface area contributed by atoms with Crippen molar-refractivity contribution in [2.24, 2.45) is 9.98 Å². The van der Waals surface area contributed by atoms with E-state index in [1.54, 1.807) is 0 Å². The van der Waals surface area contributed by atoms with E-state index in [1.165, 1.54) is 39.8 Å². The zero-order chi connectivity index (χ0) is 40.3. The van der Waals surface area contributed by atoms with Crippen molar-refractivity contribution in [3.05, 3.63) is 215 Å². The van der Waals surface area contributed by atoms with Crippen LogP contribution in [0.25, 0.3) is 66.1 Å². The van der Waals surface area contributed by atoms with Gasteiger partial charge in [0.1, 0.15) is 34.3 Å². The van der Waals surface area contributed by atoms with Gasteiger partial charge >= 0.3 is 0 Å². The van der Waals surface area contributed by atoms with E-state index >= 15 is 0 Å². The van der Waals surface area contributed by atoms with Gasteiger partial charge in [-0.05, 0) is 119 Å². The van der Waals surface area contributed by atoms with Crippen molar-refractivity contribution in [1.82, 2.24) is 5.32 Å². The van der Waals surface area contributed by atoms with Crippen molar-refractivity contribution in [2.45, 2.75) is 37.8 Å². The van der Waals surface area contributed by atoms with Crippen molar-refractivity contribution < 1.29 is 8.83 Å². The molecule has 3 heterocycles. The lowest BCUT2D eigenvalue weighted by atomic mass is 9.76. The molecule has 1 N–H and O–H groups in total. The molecular weight excluding hydrogens is 747 g/mol. The van der Waals surface area contributed by atoms with Crippen molar-refractivity contribution in [3.63, 3.8) is 0 Å². The summed E-state index contributed by atoms with van der Waals surface area (Å²) in [6, 6.07) is 64.6. The van der Waals surface area contributed by atoms with Crippen LogP contribution in [0.4, 0.5) is 0 Å². The summed E-state index contributed by atoms with van der Waals surface area (Å²) < 4.78 is 12.9. The van der Waals surface area contributed by atoms with E-state index in [0.29, 0.717) is 11.8 Å². The summed E-state index contributed by atoms with van der Waals surface area (Å²) in [5.41, 5.74) is 15.6. The van der Waals surface area contributed by atoms with E-state index in [0.717, 1.165) is 91.2 Å². The molecule has 0 bridgehead atoms. The predicted octanol–water partition coefficient (Wildman–Crippen LogP) is 14.0. The number of benzene rings is 8.